The van der Waals surface area contributed by atoms with Gasteiger partial charge in [-0.05, 0) is 59.9 Å². The third-order valence-electron chi connectivity index (χ3n) is 3.11. The zero-order valence-electron chi connectivity index (χ0n) is 11.8. The zero-order chi connectivity index (χ0) is 15.3. The maximum atomic E-state index is 12.3. The lowest BCUT2D eigenvalue weighted by Gasteiger charge is -2.14. The first-order valence-electron chi connectivity index (χ1n) is 6.74. The van der Waals surface area contributed by atoms with Crippen molar-refractivity contribution in [3.05, 3.63) is 52.2 Å². The van der Waals surface area contributed by atoms with E-state index in [0.29, 0.717) is 12.8 Å². The summed E-state index contributed by atoms with van der Waals surface area (Å²) in [5, 5.41) is 12.9. The number of rotatable bonds is 7. The fraction of sp³-hybridized carbons (Fsp3) is 0.333. The van der Waals surface area contributed by atoms with E-state index in [1.807, 2.05) is 23.8 Å². The van der Waals surface area contributed by atoms with Crippen LogP contribution in [0.4, 0.5) is 0 Å². The summed E-state index contributed by atoms with van der Waals surface area (Å²) in [7, 11) is -3.50. The second-order valence-electron chi connectivity index (χ2n) is 4.98. The number of benzene rings is 1. The highest BCUT2D eigenvalue weighted by Crippen LogP contribution is 2.13. The second kappa shape index (κ2) is 7.17. The fourth-order valence-corrected chi connectivity index (χ4v) is 4.03. The Bertz CT molecular complexity index is 649. The van der Waals surface area contributed by atoms with Gasteiger partial charge >= 0.3 is 0 Å². The number of hydrogen-bond acceptors (Lipinski definition) is 4. The first-order chi connectivity index (χ1) is 10.0. The number of sulfonamides is 1. The SMILES string of the molecule is CC(Cc1ccsc1)NS(=O)(=O)c1ccc(CCO)cc1. The predicted molar refractivity (Wildman–Crippen MR) is 85.0 cm³/mol. The predicted octanol–water partition coefficient (Wildman–Crippen LogP) is 2.19. The molecule has 0 aliphatic rings. The highest BCUT2D eigenvalue weighted by Gasteiger charge is 2.17. The van der Waals surface area contributed by atoms with Gasteiger partial charge in [-0.1, -0.05) is 12.1 Å². The molecule has 2 N–H and O–H groups in total. The molecule has 4 nitrogen and oxygen atoms in total. The normalized spacial score (nSPS) is 13.2. The van der Waals surface area contributed by atoms with Crippen molar-refractivity contribution in [3.63, 3.8) is 0 Å². The van der Waals surface area contributed by atoms with E-state index in [0.717, 1.165) is 11.1 Å². The van der Waals surface area contributed by atoms with Crippen LogP contribution in [0.1, 0.15) is 18.1 Å². The molecule has 0 aliphatic carbocycles. The molecule has 21 heavy (non-hydrogen) atoms. The molecule has 0 spiro atoms. The molecule has 6 heteroatoms. The van der Waals surface area contributed by atoms with E-state index < -0.39 is 10.0 Å². The molecule has 1 heterocycles. The fourth-order valence-electron chi connectivity index (χ4n) is 2.10. The summed E-state index contributed by atoms with van der Waals surface area (Å²) in [6, 6.07) is 8.44. The molecule has 114 valence electrons. The third kappa shape index (κ3) is 4.64. The maximum absolute atomic E-state index is 12.3. The molecule has 0 saturated carbocycles. The minimum absolute atomic E-state index is 0.0576. The lowest BCUT2D eigenvalue weighted by atomic mass is 10.1. The molecule has 1 unspecified atom stereocenters. The largest absolute Gasteiger partial charge is 0.396 e. The van der Waals surface area contributed by atoms with Crippen molar-refractivity contribution in [1.82, 2.24) is 4.72 Å². The van der Waals surface area contributed by atoms with Gasteiger partial charge in [0, 0.05) is 12.6 Å². The van der Waals surface area contributed by atoms with Gasteiger partial charge < -0.3 is 5.11 Å². The molecular weight excluding hydrogens is 306 g/mol. The van der Waals surface area contributed by atoms with Gasteiger partial charge in [0.05, 0.1) is 4.90 Å². The molecule has 0 radical (unpaired) electrons. The molecule has 1 aromatic carbocycles. The molecule has 0 saturated heterocycles. The van der Waals surface area contributed by atoms with E-state index in [-0.39, 0.29) is 17.5 Å². The summed E-state index contributed by atoms with van der Waals surface area (Å²) in [4.78, 5) is 0.251. The third-order valence-corrected chi connectivity index (χ3v) is 5.45. The maximum Gasteiger partial charge on any atom is 0.240 e. The number of nitrogens with one attached hydrogen (secondary N) is 1. The Hall–Kier alpha value is -1.21. The molecule has 1 atom stereocenters. The molecule has 0 bridgehead atoms. The average molecular weight is 325 g/mol. The number of aliphatic hydroxyl groups is 1. The Morgan fingerprint density at radius 2 is 1.90 bits per heavy atom. The topological polar surface area (TPSA) is 66.4 Å². The van der Waals surface area contributed by atoms with Crippen LogP contribution in [0.5, 0.6) is 0 Å². The van der Waals surface area contributed by atoms with E-state index in [1.54, 1.807) is 35.6 Å². The summed E-state index contributed by atoms with van der Waals surface area (Å²) in [6.45, 7) is 1.91. The number of thiophene rings is 1. The average Bonchev–Trinajstić information content (AvgIpc) is 2.92. The van der Waals surface area contributed by atoms with Crippen LogP contribution in [0.3, 0.4) is 0 Å². The molecule has 0 amide bonds. The summed E-state index contributed by atoms with van der Waals surface area (Å²) in [5.41, 5.74) is 2.05. The van der Waals surface area contributed by atoms with Crippen LogP contribution in [0, 0.1) is 0 Å². The summed E-state index contributed by atoms with van der Waals surface area (Å²) in [6.07, 6.45) is 1.20. The first kappa shape index (κ1) is 16.2. The van der Waals surface area contributed by atoms with E-state index in [9.17, 15) is 8.42 Å². The monoisotopic (exact) mass is 325 g/mol. The summed E-state index contributed by atoms with van der Waals surface area (Å²) >= 11 is 1.60. The van der Waals surface area contributed by atoms with Gasteiger partial charge in [-0.2, -0.15) is 11.3 Å². The lowest BCUT2D eigenvalue weighted by molar-refractivity contribution is 0.299. The van der Waals surface area contributed by atoms with Crippen molar-refractivity contribution in [2.24, 2.45) is 0 Å². The standard InChI is InChI=1S/C15H19NO3S2/c1-12(10-14-7-9-20-11-14)16-21(18,19)15-4-2-13(3-5-15)6-8-17/h2-5,7,9,11-12,16-17H,6,8,10H2,1H3. The smallest absolute Gasteiger partial charge is 0.240 e. The van der Waals surface area contributed by atoms with Crippen molar-refractivity contribution in [3.8, 4) is 0 Å². The Kier molecular flexibility index (Phi) is 5.52. The van der Waals surface area contributed by atoms with Gasteiger partial charge in [0.1, 0.15) is 0 Å². The van der Waals surface area contributed by atoms with E-state index in [4.69, 9.17) is 5.11 Å². The van der Waals surface area contributed by atoms with Crippen molar-refractivity contribution in [2.75, 3.05) is 6.61 Å². The van der Waals surface area contributed by atoms with Gasteiger partial charge in [-0.3, -0.25) is 0 Å². The number of aliphatic hydroxyl groups excluding tert-OH is 1. The van der Waals surface area contributed by atoms with Gasteiger partial charge in [0.25, 0.3) is 0 Å². The van der Waals surface area contributed by atoms with Crippen LogP contribution in [-0.4, -0.2) is 26.2 Å². The van der Waals surface area contributed by atoms with Crippen LogP contribution < -0.4 is 4.72 Å². The van der Waals surface area contributed by atoms with Crippen LogP contribution in [0.2, 0.25) is 0 Å². The van der Waals surface area contributed by atoms with Crippen LogP contribution in [0.25, 0.3) is 0 Å². The van der Waals surface area contributed by atoms with Crippen LogP contribution >= 0.6 is 11.3 Å². The van der Waals surface area contributed by atoms with Gasteiger partial charge in [0.15, 0.2) is 0 Å². The highest BCUT2D eigenvalue weighted by atomic mass is 32.2. The van der Waals surface area contributed by atoms with Gasteiger partial charge in [-0.15, -0.1) is 0 Å². The summed E-state index contributed by atoms with van der Waals surface area (Å²) in [5.74, 6) is 0. The first-order valence-corrected chi connectivity index (χ1v) is 9.17. The van der Waals surface area contributed by atoms with Gasteiger partial charge in [-0.25, -0.2) is 13.1 Å². The zero-order valence-corrected chi connectivity index (χ0v) is 13.5. The highest BCUT2D eigenvalue weighted by molar-refractivity contribution is 7.89. The Morgan fingerprint density at radius 1 is 1.19 bits per heavy atom. The molecule has 2 rings (SSSR count). The molecular formula is C15H19NO3S2. The minimum Gasteiger partial charge on any atom is -0.396 e. The lowest BCUT2D eigenvalue weighted by Crippen LogP contribution is -2.34. The van der Waals surface area contributed by atoms with Gasteiger partial charge in [0.2, 0.25) is 10.0 Å². The van der Waals surface area contributed by atoms with Crippen molar-refractivity contribution >= 4 is 21.4 Å². The molecule has 0 aliphatic heterocycles. The Morgan fingerprint density at radius 3 is 2.48 bits per heavy atom. The van der Waals surface area contributed by atoms with Crippen molar-refractivity contribution in [1.29, 1.82) is 0 Å². The molecule has 1 aromatic heterocycles. The second-order valence-corrected chi connectivity index (χ2v) is 7.47. The molecule has 2 aromatic rings. The molecule has 0 fully saturated rings. The Labute approximate surface area is 129 Å². The number of hydrogen-bond donors (Lipinski definition) is 2. The van der Waals surface area contributed by atoms with Crippen LogP contribution in [-0.2, 0) is 22.9 Å². The van der Waals surface area contributed by atoms with E-state index >= 15 is 0 Å². The summed E-state index contributed by atoms with van der Waals surface area (Å²) < 4.78 is 27.3. The quantitative estimate of drug-likeness (QED) is 0.820. The van der Waals surface area contributed by atoms with Crippen molar-refractivity contribution < 1.29 is 13.5 Å². The van der Waals surface area contributed by atoms with E-state index in [1.165, 1.54) is 0 Å². The van der Waals surface area contributed by atoms with Crippen LogP contribution in [0.15, 0.2) is 46.0 Å². The van der Waals surface area contributed by atoms with Crippen molar-refractivity contribution in [2.45, 2.75) is 30.7 Å². The minimum atomic E-state index is -3.50. The van der Waals surface area contributed by atoms with E-state index in [2.05, 4.69) is 4.72 Å². The Balaban J connectivity index is 2.03.